The van der Waals surface area contributed by atoms with Crippen LogP contribution in [0.2, 0.25) is 0 Å². The quantitative estimate of drug-likeness (QED) is 0.550. The highest BCUT2D eigenvalue weighted by molar-refractivity contribution is 7.22. The Bertz CT molecular complexity index is 1020. The van der Waals surface area contributed by atoms with Crippen LogP contribution >= 0.6 is 11.3 Å². The SMILES string of the molecule is COc1cccc(C(=O)N(CCCN2CCOCC2)c2nc3cc(C)c(C)cc3s2)c1. The van der Waals surface area contributed by atoms with E-state index in [0.717, 1.165) is 54.6 Å². The molecule has 7 heteroatoms. The molecule has 1 aromatic heterocycles. The molecule has 6 nitrogen and oxygen atoms in total. The molecule has 1 amide bonds. The van der Waals surface area contributed by atoms with Gasteiger partial charge in [-0.2, -0.15) is 0 Å². The summed E-state index contributed by atoms with van der Waals surface area (Å²) < 4.78 is 11.9. The van der Waals surface area contributed by atoms with Crippen LogP contribution in [0.3, 0.4) is 0 Å². The molecule has 0 saturated carbocycles. The molecule has 0 aliphatic carbocycles. The van der Waals surface area contributed by atoms with Crippen LogP contribution in [0.5, 0.6) is 5.75 Å². The van der Waals surface area contributed by atoms with Crippen LogP contribution in [0, 0.1) is 13.8 Å². The van der Waals surface area contributed by atoms with Crippen LogP contribution < -0.4 is 9.64 Å². The first-order valence-corrected chi connectivity index (χ1v) is 11.5. The summed E-state index contributed by atoms with van der Waals surface area (Å²) in [5.41, 5.74) is 4.00. The molecule has 164 valence electrons. The Labute approximate surface area is 187 Å². The number of hydrogen-bond acceptors (Lipinski definition) is 6. The summed E-state index contributed by atoms with van der Waals surface area (Å²) in [5, 5.41) is 0.745. The molecule has 1 aliphatic heterocycles. The summed E-state index contributed by atoms with van der Waals surface area (Å²) in [6.45, 7) is 9.21. The van der Waals surface area contributed by atoms with Gasteiger partial charge in [0.25, 0.3) is 5.91 Å². The van der Waals surface area contributed by atoms with E-state index in [2.05, 4.69) is 30.9 Å². The zero-order chi connectivity index (χ0) is 21.8. The summed E-state index contributed by atoms with van der Waals surface area (Å²) in [4.78, 5) is 22.6. The third-order valence-corrected chi connectivity index (χ3v) is 6.79. The van der Waals surface area contributed by atoms with E-state index in [1.165, 1.54) is 11.1 Å². The van der Waals surface area contributed by atoms with Crippen molar-refractivity contribution in [1.82, 2.24) is 9.88 Å². The van der Waals surface area contributed by atoms with Crippen LogP contribution in [0.25, 0.3) is 10.2 Å². The second kappa shape index (κ2) is 9.77. The average molecular weight is 440 g/mol. The summed E-state index contributed by atoms with van der Waals surface area (Å²) in [5.74, 6) is 0.628. The van der Waals surface area contributed by atoms with Gasteiger partial charge in [-0.3, -0.25) is 14.6 Å². The predicted molar refractivity (Wildman–Crippen MR) is 126 cm³/mol. The van der Waals surface area contributed by atoms with Gasteiger partial charge in [0.05, 0.1) is 30.5 Å². The Kier molecular flexibility index (Phi) is 6.85. The van der Waals surface area contributed by atoms with Crippen molar-refractivity contribution in [2.45, 2.75) is 20.3 Å². The van der Waals surface area contributed by atoms with Gasteiger partial charge in [-0.25, -0.2) is 4.98 Å². The lowest BCUT2D eigenvalue weighted by atomic mass is 10.1. The van der Waals surface area contributed by atoms with E-state index >= 15 is 0 Å². The molecule has 1 saturated heterocycles. The van der Waals surface area contributed by atoms with E-state index in [0.29, 0.717) is 17.9 Å². The number of thiazole rings is 1. The lowest BCUT2D eigenvalue weighted by Crippen LogP contribution is -2.39. The molecule has 1 aliphatic rings. The number of carbonyl (C=O) groups excluding carboxylic acids is 1. The highest BCUT2D eigenvalue weighted by Crippen LogP contribution is 2.32. The number of nitrogens with zero attached hydrogens (tertiary/aromatic N) is 3. The van der Waals surface area contributed by atoms with E-state index in [1.54, 1.807) is 24.5 Å². The van der Waals surface area contributed by atoms with Crippen LogP contribution in [0.1, 0.15) is 27.9 Å². The Morgan fingerprint density at radius 2 is 1.97 bits per heavy atom. The number of morpholine rings is 1. The fourth-order valence-electron chi connectivity index (χ4n) is 3.76. The lowest BCUT2D eigenvalue weighted by molar-refractivity contribution is 0.0376. The van der Waals surface area contributed by atoms with Crippen molar-refractivity contribution < 1.29 is 14.3 Å². The van der Waals surface area contributed by atoms with Gasteiger partial charge in [-0.15, -0.1) is 0 Å². The molecule has 0 N–H and O–H groups in total. The molecule has 0 unspecified atom stereocenters. The van der Waals surface area contributed by atoms with Crippen molar-refractivity contribution in [2.24, 2.45) is 0 Å². The van der Waals surface area contributed by atoms with Gasteiger partial charge < -0.3 is 9.47 Å². The van der Waals surface area contributed by atoms with Crippen LogP contribution in [0.15, 0.2) is 36.4 Å². The van der Waals surface area contributed by atoms with E-state index in [4.69, 9.17) is 14.5 Å². The maximum atomic E-state index is 13.5. The second-order valence-corrected chi connectivity index (χ2v) is 8.91. The highest BCUT2D eigenvalue weighted by Gasteiger charge is 2.22. The van der Waals surface area contributed by atoms with Gasteiger partial charge in [0, 0.05) is 31.7 Å². The van der Waals surface area contributed by atoms with E-state index in [-0.39, 0.29) is 5.91 Å². The molecule has 0 bridgehead atoms. The van der Waals surface area contributed by atoms with Crippen molar-refractivity contribution in [3.63, 3.8) is 0 Å². The molecular weight excluding hydrogens is 410 g/mol. The van der Waals surface area contributed by atoms with E-state index in [1.807, 2.05) is 23.1 Å². The molecule has 4 rings (SSSR count). The molecule has 0 radical (unpaired) electrons. The van der Waals surface area contributed by atoms with Gasteiger partial charge in [-0.1, -0.05) is 17.4 Å². The van der Waals surface area contributed by atoms with Crippen LogP contribution in [-0.4, -0.2) is 62.3 Å². The molecule has 3 aromatic rings. The van der Waals surface area contributed by atoms with Gasteiger partial charge in [-0.05, 0) is 61.7 Å². The number of rotatable bonds is 7. The Morgan fingerprint density at radius 1 is 1.19 bits per heavy atom. The zero-order valence-electron chi connectivity index (χ0n) is 18.4. The molecular formula is C24H29N3O3S. The number of amides is 1. The predicted octanol–water partition coefficient (Wildman–Crippen LogP) is 4.29. The smallest absolute Gasteiger partial charge is 0.260 e. The molecule has 1 fully saturated rings. The fraction of sp³-hybridized carbons (Fsp3) is 0.417. The average Bonchev–Trinajstić information content (AvgIpc) is 3.19. The first-order valence-electron chi connectivity index (χ1n) is 10.7. The largest absolute Gasteiger partial charge is 0.497 e. The number of methoxy groups -OCH3 is 1. The lowest BCUT2D eigenvalue weighted by Gasteiger charge is -2.27. The number of ether oxygens (including phenoxy) is 2. The van der Waals surface area contributed by atoms with E-state index < -0.39 is 0 Å². The Morgan fingerprint density at radius 3 is 2.74 bits per heavy atom. The van der Waals surface area contributed by atoms with Crippen LogP contribution in [-0.2, 0) is 4.74 Å². The molecule has 31 heavy (non-hydrogen) atoms. The van der Waals surface area contributed by atoms with Crippen molar-refractivity contribution in [3.05, 3.63) is 53.1 Å². The van der Waals surface area contributed by atoms with Crippen molar-refractivity contribution in [2.75, 3.05) is 51.4 Å². The third kappa shape index (κ3) is 5.06. The zero-order valence-corrected chi connectivity index (χ0v) is 19.2. The summed E-state index contributed by atoms with van der Waals surface area (Å²) in [6.07, 6.45) is 0.879. The first kappa shape index (κ1) is 21.7. The summed E-state index contributed by atoms with van der Waals surface area (Å²) in [6, 6.07) is 11.6. The minimum atomic E-state index is -0.0478. The van der Waals surface area contributed by atoms with Gasteiger partial charge in [0.15, 0.2) is 5.13 Å². The van der Waals surface area contributed by atoms with Gasteiger partial charge in [0.2, 0.25) is 0 Å². The number of fused-ring (bicyclic) bond motifs is 1. The summed E-state index contributed by atoms with van der Waals surface area (Å²) in [7, 11) is 1.61. The first-order chi connectivity index (χ1) is 15.0. The van der Waals surface area contributed by atoms with E-state index in [9.17, 15) is 4.79 Å². The highest BCUT2D eigenvalue weighted by atomic mass is 32.1. The topological polar surface area (TPSA) is 54.9 Å². The number of benzene rings is 2. The molecule has 0 spiro atoms. The number of anilines is 1. The third-order valence-electron chi connectivity index (χ3n) is 5.75. The monoisotopic (exact) mass is 439 g/mol. The van der Waals surface area contributed by atoms with Crippen molar-refractivity contribution in [1.29, 1.82) is 0 Å². The molecule has 0 atom stereocenters. The number of aromatic nitrogens is 1. The van der Waals surface area contributed by atoms with Gasteiger partial charge in [0.1, 0.15) is 5.75 Å². The molecule has 2 heterocycles. The molecule has 2 aromatic carbocycles. The van der Waals surface area contributed by atoms with Crippen molar-refractivity contribution >= 4 is 32.6 Å². The standard InChI is InChI=1S/C24H29N3O3S/c1-17-14-21-22(15-18(17)2)31-24(25-21)27(9-5-8-26-10-12-30-13-11-26)23(28)19-6-4-7-20(16-19)29-3/h4,6-7,14-16H,5,8-13H2,1-3H3. The second-order valence-electron chi connectivity index (χ2n) is 7.90. The Hall–Kier alpha value is -2.48. The number of aryl methyl sites for hydroxylation is 2. The van der Waals surface area contributed by atoms with Gasteiger partial charge >= 0.3 is 0 Å². The Balaban J connectivity index is 1.60. The number of carbonyl (C=O) groups is 1. The normalized spacial score (nSPS) is 14.7. The maximum absolute atomic E-state index is 13.5. The van der Waals surface area contributed by atoms with Crippen LogP contribution in [0.4, 0.5) is 5.13 Å². The minimum absolute atomic E-state index is 0.0478. The maximum Gasteiger partial charge on any atom is 0.260 e. The summed E-state index contributed by atoms with van der Waals surface area (Å²) >= 11 is 1.58. The number of hydrogen-bond donors (Lipinski definition) is 0. The van der Waals surface area contributed by atoms with Crippen molar-refractivity contribution in [3.8, 4) is 5.75 Å². The minimum Gasteiger partial charge on any atom is -0.497 e. The fourth-order valence-corrected chi connectivity index (χ4v) is 4.83.